The molecule has 1 aliphatic rings. The van der Waals surface area contributed by atoms with E-state index in [-0.39, 0.29) is 0 Å². The highest BCUT2D eigenvalue weighted by Gasteiger charge is 2.26. The van der Waals surface area contributed by atoms with Gasteiger partial charge in [0, 0.05) is 17.0 Å². The van der Waals surface area contributed by atoms with Gasteiger partial charge in [0.2, 0.25) is 0 Å². The average Bonchev–Trinajstić information content (AvgIpc) is 2.99. The fourth-order valence-electron chi connectivity index (χ4n) is 2.94. The lowest BCUT2D eigenvalue weighted by atomic mass is 10.0. The second-order valence-corrected chi connectivity index (χ2v) is 7.27. The normalized spacial score (nSPS) is 19.1. The van der Waals surface area contributed by atoms with E-state index in [9.17, 15) is 0 Å². The maximum absolute atomic E-state index is 6.12. The van der Waals surface area contributed by atoms with Gasteiger partial charge in [0.05, 0.1) is 4.34 Å². The quantitative estimate of drug-likeness (QED) is 0.808. The standard InChI is InChI=1S/C17H20ClNS/c1-3-12-4-6-13(7-5-12)11(2)19-15-8-9-16-14(15)10-17(18)20-16/h4-7,10-11,15,19H,3,8-9H2,1-2H3. The Balaban J connectivity index is 1.71. The van der Waals surface area contributed by atoms with E-state index in [1.807, 2.05) is 0 Å². The van der Waals surface area contributed by atoms with E-state index in [0.29, 0.717) is 12.1 Å². The predicted molar refractivity (Wildman–Crippen MR) is 87.8 cm³/mol. The summed E-state index contributed by atoms with van der Waals surface area (Å²) in [6, 6.07) is 11.9. The molecule has 0 amide bonds. The molecule has 3 rings (SSSR count). The van der Waals surface area contributed by atoms with Crippen LogP contribution in [0.2, 0.25) is 4.34 Å². The summed E-state index contributed by atoms with van der Waals surface area (Å²) in [5.74, 6) is 0. The topological polar surface area (TPSA) is 12.0 Å². The number of benzene rings is 1. The molecule has 1 aromatic heterocycles. The lowest BCUT2D eigenvalue weighted by Crippen LogP contribution is -2.22. The summed E-state index contributed by atoms with van der Waals surface area (Å²) in [7, 11) is 0. The molecule has 2 atom stereocenters. The third kappa shape index (κ3) is 2.78. The van der Waals surface area contributed by atoms with Gasteiger partial charge in [-0.2, -0.15) is 0 Å². The molecule has 1 aliphatic carbocycles. The van der Waals surface area contributed by atoms with Gasteiger partial charge in [-0.25, -0.2) is 0 Å². The van der Waals surface area contributed by atoms with Gasteiger partial charge in [-0.3, -0.25) is 0 Å². The maximum Gasteiger partial charge on any atom is 0.0934 e. The van der Waals surface area contributed by atoms with Gasteiger partial charge in [-0.15, -0.1) is 11.3 Å². The van der Waals surface area contributed by atoms with E-state index in [0.717, 1.165) is 17.2 Å². The van der Waals surface area contributed by atoms with Crippen LogP contribution in [0.3, 0.4) is 0 Å². The van der Waals surface area contributed by atoms with Crippen LogP contribution in [0.15, 0.2) is 30.3 Å². The summed E-state index contributed by atoms with van der Waals surface area (Å²) in [5.41, 5.74) is 4.17. The van der Waals surface area contributed by atoms with Crippen molar-refractivity contribution in [2.75, 3.05) is 0 Å². The van der Waals surface area contributed by atoms with Gasteiger partial charge >= 0.3 is 0 Å². The van der Waals surface area contributed by atoms with Crippen molar-refractivity contribution in [1.29, 1.82) is 0 Å². The van der Waals surface area contributed by atoms with E-state index >= 15 is 0 Å². The van der Waals surface area contributed by atoms with Crippen LogP contribution >= 0.6 is 22.9 Å². The second kappa shape index (κ2) is 5.88. The Morgan fingerprint density at radius 3 is 2.80 bits per heavy atom. The van der Waals surface area contributed by atoms with Crippen molar-refractivity contribution in [3.05, 3.63) is 56.2 Å². The summed E-state index contributed by atoms with van der Waals surface area (Å²) >= 11 is 7.86. The van der Waals surface area contributed by atoms with Crippen molar-refractivity contribution >= 4 is 22.9 Å². The van der Waals surface area contributed by atoms with Gasteiger partial charge in [-0.05, 0) is 48.9 Å². The molecule has 0 aliphatic heterocycles. The molecule has 0 radical (unpaired) electrons. The Hall–Kier alpha value is -0.830. The summed E-state index contributed by atoms with van der Waals surface area (Å²) < 4.78 is 0.918. The lowest BCUT2D eigenvalue weighted by molar-refractivity contribution is 0.465. The van der Waals surface area contributed by atoms with E-state index in [1.54, 1.807) is 11.3 Å². The van der Waals surface area contributed by atoms with Crippen LogP contribution in [0, 0.1) is 0 Å². The van der Waals surface area contributed by atoms with Crippen LogP contribution in [0.1, 0.15) is 53.9 Å². The number of fused-ring (bicyclic) bond motifs is 1. The second-order valence-electron chi connectivity index (χ2n) is 5.50. The summed E-state index contributed by atoms with van der Waals surface area (Å²) in [4.78, 5) is 1.46. The average molecular weight is 306 g/mol. The van der Waals surface area contributed by atoms with Gasteiger partial charge in [-0.1, -0.05) is 42.8 Å². The Kier molecular flexibility index (Phi) is 4.16. The van der Waals surface area contributed by atoms with Gasteiger partial charge in [0.1, 0.15) is 0 Å². The Morgan fingerprint density at radius 1 is 1.35 bits per heavy atom. The maximum atomic E-state index is 6.12. The Morgan fingerprint density at radius 2 is 2.10 bits per heavy atom. The zero-order chi connectivity index (χ0) is 14.1. The minimum absolute atomic E-state index is 0.371. The summed E-state index contributed by atoms with van der Waals surface area (Å²) in [6.07, 6.45) is 3.45. The number of hydrogen-bond acceptors (Lipinski definition) is 2. The first-order chi connectivity index (χ1) is 9.67. The number of rotatable bonds is 4. The number of hydrogen-bond donors (Lipinski definition) is 1. The number of nitrogens with one attached hydrogen (secondary N) is 1. The predicted octanol–water partition coefficient (Wildman–Crippen LogP) is 5.30. The van der Waals surface area contributed by atoms with Crippen LogP contribution < -0.4 is 5.32 Å². The smallest absolute Gasteiger partial charge is 0.0934 e. The minimum Gasteiger partial charge on any atom is -0.303 e. The number of aryl methyl sites for hydroxylation is 2. The first-order valence-electron chi connectivity index (χ1n) is 7.30. The molecule has 1 nitrogen and oxygen atoms in total. The molecular weight excluding hydrogens is 286 g/mol. The van der Waals surface area contributed by atoms with Crippen molar-refractivity contribution < 1.29 is 0 Å². The van der Waals surface area contributed by atoms with E-state index in [2.05, 4.69) is 49.5 Å². The molecule has 1 aromatic carbocycles. The molecular formula is C17H20ClNS. The van der Waals surface area contributed by atoms with Crippen molar-refractivity contribution in [2.24, 2.45) is 0 Å². The van der Waals surface area contributed by atoms with Crippen LogP contribution in [0.5, 0.6) is 0 Å². The van der Waals surface area contributed by atoms with E-state index < -0.39 is 0 Å². The Bertz CT molecular complexity index is 588. The molecule has 1 heterocycles. The van der Waals surface area contributed by atoms with Crippen molar-refractivity contribution in [3.63, 3.8) is 0 Å². The molecule has 2 aromatic rings. The van der Waals surface area contributed by atoms with Crippen molar-refractivity contribution in [3.8, 4) is 0 Å². The van der Waals surface area contributed by atoms with Crippen LogP contribution in [-0.4, -0.2) is 0 Å². The summed E-state index contributed by atoms with van der Waals surface area (Å²) in [6.45, 7) is 4.43. The monoisotopic (exact) mass is 305 g/mol. The van der Waals surface area contributed by atoms with E-state index in [1.165, 1.54) is 28.0 Å². The SMILES string of the molecule is CCc1ccc(C(C)NC2CCc3sc(Cl)cc32)cc1. The Labute approximate surface area is 130 Å². The third-order valence-corrected chi connectivity index (χ3v) is 5.53. The van der Waals surface area contributed by atoms with Gasteiger partial charge in [0.15, 0.2) is 0 Å². The molecule has 0 saturated heterocycles. The zero-order valence-corrected chi connectivity index (χ0v) is 13.5. The zero-order valence-electron chi connectivity index (χ0n) is 11.9. The molecule has 106 valence electrons. The van der Waals surface area contributed by atoms with Crippen molar-refractivity contribution in [1.82, 2.24) is 5.32 Å². The fourth-order valence-corrected chi connectivity index (χ4v) is 4.30. The highest BCUT2D eigenvalue weighted by Crippen LogP contribution is 2.40. The number of halogens is 1. The van der Waals surface area contributed by atoms with Crippen molar-refractivity contribution in [2.45, 2.75) is 45.2 Å². The van der Waals surface area contributed by atoms with Crippen LogP contribution in [0.25, 0.3) is 0 Å². The molecule has 20 heavy (non-hydrogen) atoms. The summed E-state index contributed by atoms with van der Waals surface area (Å²) in [5, 5.41) is 3.75. The first-order valence-corrected chi connectivity index (χ1v) is 8.49. The van der Waals surface area contributed by atoms with E-state index in [4.69, 9.17) is 11.6 Å². The van der Waals surface area contributed by atoms with Crippen LogP contribution in [0.4, 0.5) is 0 Å². The largest absolute Gasteiger partial charge is 0.303 e. The number of thiophene rings is 1. The van der Waals surface area contributed by atoms with Gasteiger partial charge < -0.3 is 5.32 Å². The lowest BCUT2D eigenvalue weighted by Gasteiger charge is -2.20. The fraction of sp³-hybridized carbons (Fsp3) is 0.412. The molecule has 0 spiro atoms. The highest BCUT2D eigenvalue weighted by atomic mass is 35.5. The van der Waals surface area contributed by atoms with Gasteiger partial charge in [0.25, 0.3) is 0 Å². The highest BCUT2D eigenvalue weighted by molar-refractivity contribution is 7.16. The minimum atomic E-state index is 0.371. The molecule has 0 saturated carbocycles. The molecule has 2 unspecified atom stereocenters. The molecule has 1 N–H and O–H groups in total. The third-order valence-electron chi connectivity index (χ3n) is 4.19. The molecule has 0 fully saturated rings. The molecule has 0 bridgehead atoms. The molecule has 3 heteroatoms. The first kappa shape index (κ1) is 14.1. The van der Waals surface area contributed by atoms with Crippen LogP contribution in [-0.2, 0) is 12.8 Å².